The van der Waals surface area contributed by atoms with E-state index in [-0.39, 0.29) is 17.5 Å². The number of aryl methyl sites for hydroxylation is 3. The van der Waals surface area contributed by atoms with Crippen molar-refractivity contribution in [3.05, 3.63) is 83.4 Å². The van der Waals surface area contributed by atoms with Gasteiger partial charge in [-0.15, -0.1) is 0 Å². The van der Waals surface area contributed by atoms with Gasteiger partial charge in [-0.05, 0) is 88.2 Å². The van der Waals surface area contributed by atoms with Gasteiger partial charge in [0.1, 0.15) is 12.3 Å². The smallest absolute Gasteiger partial charge is 0.264 e. The van der Waals surface area contributed by atoms with Crippen LogP contribution in [0.4, 0.5) is 11.4 Å². The summed E-state index contributed by atoms with van der Waals surface area (Å²) in [5.41, 5.74) is 3.66. The molecule has 7 heteroatoms. The van der Waals surface area contributed by atoms with Crippen molar-refractivity contribution in [2.45, 2.75) is 45.6 Å². The Kier molecular flexibility index (Phi) is 7.43. The minimum atomic E-state index is -3.97. The minimum Gasteiger partial charge on any atom is -0.491 e. The number of nitrogens with zero attached hydrogens (tertiary/aromatic N) is 1. The molecular weight excluding hydrogens is 436 g/mol. The van der Waals surface area contributed by atoms with E-state index in [2.05, 4.69) is 5.32 Å². The fourth-order valence-electron chi connectivity index (χ4n) is 3.35. The highest BCUT2D eigenvalue weighted by atomic mass is 32.2. The molecule has 6 nitrogen and oxygen atoms in total. The standard InChI is InChI=1S/C26H30N2O4S/c1-18(2)32-23-12-10-22(11-13-23)27-26(29)17-28(25-16-20(4)6-9-21(25)5)33(30,31)24-14-7-19(3)8-15-24/h6-16,18H,17H2,1-5H3,(H,27,29). The highest BCUT2D eigenvalue weighted by molar-refractivity contribution is 7.92. The summed E-state index contributed by atoms with van der Waals surface area (Å²) in [4.78, 5) is 13.1. The molecule has 1 amide bonds. The molecule has 0 bridgehead atoms. The van der Waals surface area contributed by atoms with Crippen molar-refractivity contribution < 1.29 is 17.9 Å². The molecule has 0 saturated heterocycles. The number of hydrogen-bond donors (Lipinski definition) is 1. The van der Waals surface area contributed by atoms with Crippen LogP contribution in [0.15, 0.2) is 71.6 Å². The number of anilines is 2. The van der Waals surface area contributed by atoms with E-state index in [9.17, 15) is 13.2 Å². The average Bonchev–Trinajstić information content (AvgIpc) is 2.75. The molecule has 0 fully saturated rings. The summed E-state index contributed by atoms with van der Waals surface area (Å²) in [6.07, 6.45) is 0.0450. The first-order valence-corrected chi connectivity index (χ1v) is 12.2. The molecule has 1 N–H and O–H groups in total. The summed E-state index contributed by atoms with van der Waals surface area (Å²) in [5, 5.41) is 2.79. The number of ether oxygens (including phenoxy) is 1. The highest BCUT2D eigenvalue weighted by Crippen LogP contribution is 2.28. The quantitative estimate of drug-likeness (QED) is 0.493. The molecule has 0 aromatic heterocycles. The summed E-state index contributed by atoms with van der Waals surface area (Å²) in [6.45, 7) is 9.13. The molecule has 0 unspecified atom stereocenters. The maximum Gasteiger partial charge on any atom is 0.264 e. The maximum absolute atomic E-state index is 13.6. The first-order chi connectivity index (χ1) is 15.6. The van der Waals surface area contributed by atoms with E-state index < -0.39 is 15.9 Å². The number of rotatable bonds is 8. The third kappa shape index (κ3) is 6.14. The molecule has 0 saturated carbocycles. The molecule has 174 valence electrons. The van der Waals surface area contributed by atoms with Crippen LogP contribution in [0.25, 0.3) is 0 Å². The minimum absolute atomic E-state index is 0.0450. The van der Waals surface area contributed by atoms with Gasteiger partial charge in [0.05, 0.1) is 16.7 Å². The van der Waals surface area contributed by atoms with Crippen LogP contribution in [0.3, 0.4) is 0 Å². The molecule has 0 radical (unpaired) electrons. The van der Waals surface area contributed by atoms with Crippen LogP contribution in [0, 0.1) is 20.8 Å². The summed E-state index contributed by atoms with van der Waals surface area (Å²) >= 11 is 0. The second-order valence-electron chi connectivity index (χ2n) is 8.35. The number of nitrogens with one attached hydrogen (secondary N) is 1. The lowest BCUT2D eigenvalue weighted by Crippen LogP contribution is -2.38. The summed E-state index contributed by atoms with van der Waals surface area (Å²) in [5.74, 6) is 0.256. The van der Waals surface area contributed by atoms with Crippen LogP contribution < -0.4 is 14.4 Å². The maximum atomic E-state index is 13.6. The predicted octanol–water partition coefficient (Wildman–Crippen LogP) is 5.23. The molecule has 0 aliphatic heterocycles. The lowest BCUT2D eigenvalue weighted by atomic mass is 10.1. The van der Waals surface area contributed by atoms with E-state index in [1.54, 1.807) is 54.6 Å². The molecule has 0 aliphatic rings. The van der Waals surface area contributed by atoms with Gasteiger partial charge in [0, 0.05) is 5.69 Å². The number of sulfonamides is 1. The molecule has 33 heavy (non-hydrogen) atoms. The average molecular weight is 467 g/mol. The van der Waals surface area contributed by atoms with E-state index in [0.29, 0.717) is 17.1 Å². The lowest BCUT2D eigenvalue weighted by molar-refractivity contribution is -0.114. The Bertz CT molecular complexity index is 1220. The van der Waals surface area contributed by atoms with E-state index in [4.69, 9.17) is 4.74 Å². The third-order valence-corrected chi connectivity index (χ3v) is 6.81. The molecule has 3 aromatic rings. The third-order valence-electron chi connectivity index (χ3n) is 5.04. The number of hydrogen-bond acceptors (Lipinski definition) is 4. The topological polar surface area (TPSA) is 75.7 Å². The normalized spacial score (nSPS) is 11.3. The zero-order valence-electron chi connectivity index (χ0n) is 19.6. The van der Waals surface area contributed by atoms with E-state index in [1.165, 1.54) is 4.31 Å². The van der Waals surface area contributed by atoms with Crippen molar-refractivity contribution in [2.24, 2.45) is 0 Å². The largest absolute Gasteiger partial charge is 0.491 e. The monoisotopic (exact) mass is 466 g/mol. The van der Waals surface area contributed by atoms with Crippen LogP contribution in [-0.4, -0.2) is 27.0 Å². The van der Waals surface area contributed by atoms with Crippen molar-refractivity contribution in [1.29, 1.82) is 0 Å². The number of amides is 1. The molecule has 3 aromatic carbocycles. The second kappa shape index (κ2) is 10.1. The van der Waals surface area contributed by atoms with Crippen LogP contribution in [-0.2, 0) is 14.8 Å². The zero-order valence-corrected chi connectivity index (χ0v) is 20.4. The van der Waals surface area contributed by atoms with E-state index >= 15 is 0 Å². The van der Waals surface area contributed by atoms with Gasteiger partial charge in [-0.2, -0.15) is 0 Å². The molecular formula is C26H30N2O4S. The van der Waals surface area contributed by atoms with Crippen LogP contribution >= 0.6 is 0 Å². The molecule has 0 spiro atoms. The number of carbonyl (C=O) groups is 1. The predicted molar refractivity (Wildman–Crippen MR) is 132 cm³/mol. The Morgan fingerprint density at radius 3 is 2.12 bits per heavy atom. The van der Waals surface area contributed by atoms with Crippen LogP contribution in [0.1, 0.15) is 30.5 Å². The number of carbonyl (C=O) groups excluding carboxylic acids is 1. The first kappa shape index (κ1) is 24.3. The Hall–Kier alpha value is -3.32. The highest BCUT2D eigenvalue weighted by Gasteiger charge is 2.28. The molecule has 0 aliphatic carbocycles. The zero-order chi connectivity index (χ0) is 24.2. The molecule has 0 heterocycles. The van der Waals surface area contributed by atoms with Gasteiger partial charge in [0.2, 0.25) is 5.91 Å². The molecule has 3 rings (SSSR count). The van der Waals surface area contributed by atoms with Crippen molar-refractivity contribution in [3.63, 3.8) is 0 Å². The van der Waals surface area contributed by atoms with Gasteiger partial charge >= 0.3 is 0 Å². The van der Waals surface area contributed by atoms with Crippen molar-refractivity contribution in [2.75, 3.05) is 16.2 Å². The van der Waals surface area contributed by atoms with E-state index in [0.717, 1.165) is 16.7 Å². The second-order valence-corrected chi connectivity index (χ2v) is 10.2. The van der Waals surface area contributed by atoms with Crippen molar-refractivity contribution in [1.82, 2.24) is 0 Å². The Morgan fingerprint density at radius 1 is 0.909 bits per heavy atom. The lowest BCUT2D eigenvalue weighted by Gasteiger charge is -2.26. The Labute approximate surface area is 196 Å². The van der Waals surface area contributed by atoms with Crippen molar-refractivity contribution in [3.8, 4) is 5.75 Å². The van der Waals surface area contributed by atoms with Gasteiger partial charge in [-0.1, -0.05) is 29.8 Å². The van der Waals surface area contributed by atoms with Crippen molar-refractivity contribution >= 4 is 27.3 Å². The Balaban J connectivity index is 1.90. The Morgan fingerprint density at radius 2 is 1.52 bits per heavy atom. The summed E-state index contributed by atoms with van der Waals surface area (Å²) in [6, 6.07) is 19.2. The van der Waals surface area contributed by atoms with E-state index in [1.807, 2.05) is 46.8 Å². The first-order valence-electron chi connectivity index (χ1n) is 10.8. The van der Waals surface area contributed by atoms with Gasteiger partial charge < -0.3 is 10.1 Å². The summed E-state index contributed by atoms with van der Waals surface area (Å²) < 4.78 is 33.9. The molecule has 0 atom stereocenters. The summed E-state index contributed by atoms with van der Waals surface area (Å²) in [7, 11) is -3.97. The fraction of sp³-hybridized carbons (Fsp3) is 0.269. The number of benzene rings is 3. The van der Waals surface area contributed by atoms with Gasteiger partial charge in [-0.3, -0.25) is 9.10 Å². The SMILES string of the molecule is Cc1ccc(S(=O)(=O)N(CC(=O)Nc2ccc(OC(C)C)cc2)c2cc(C)ccc2C)cc1. The van der Waals surface area contributed by atoms with Crippen LogP contribution in [0.2, 0.25) is 0 Å². The van der Waals surface area contributed by atoms with Gasteiger partial charge in [-0.25, -0.2) is 8.42 Å². The van der Waals surface area contributed by atoms with Gasteiger partial charge in [0.25, 0.3) is 10.0 Å². The van der Waals surface area contributed by atoms with Gasteiger partial charge in [0.15, 0.2) is 0 Å². The fourth-order valence-corrected chi connectivity index (χ4v) is 4.82. The van der Waals surface area contributed by atoms with Crippen LogP contribution in [0.5, 0.6) is 5.75 Å².